The van der Waals surface area contributed by atoms with E-state index in [1.54, 1.807) is 0 Å². The summed E-state index contributed by atoms with van der Waals surface area (Å²) in [4.78, 5) is 11.4. The average Bonchev–Trinajstić information content (AvgIpc) is 2.67. The number of halogens is 1. The molecular formula is C10H17ClN4O. The molecule has 2 rings (SSSR count). The number of nitrogens with two attached hydrogens (primary N) is 1. The molecule has 1 aromatic heterocycles. The van der Waals surface area contributed by atoms with Crippen LogP contribution in [0.2, 0.25) is 0 Å². The first-order valence-corrected chi connectivity index (χ1v) is 5.33. The molecule has 1 amide bonds. The SMILES string of the molecule is Cl.NCCC(=O)NC1CCCc2cn[nH]c21. The fraction of sp³-hybridized carbons (Fsp3) is 0.600. The Kier molecular flexibility index (Phi) is 4.76. The monoisotopic (exact) mass is 244 g/mol. The highest BCUT2D eigenvalue weighted by Gasteiger charge is 2.22. The van der Waals surface area contributed by atoms with Crippen molar-refractivity contribution in [1.29, 1.82) is 0 Å². The van der Waals surface area contributed by atoms with Gasteiger partial charge in [0, 0.05) is 13.0 Å². The standard InChI is InChI=1S/C10H16N4O.ClH/c11-5-4-9(15)13-8-3-1-2-7-6-12-14-10(7)8;/h6,8H,1-5,11H2,(H,12,14)(H,13,15);1H. The summed E-state index contributed by atoms with van der Waals surface area (Å²) < 4.78 is 0. The maximum Gasteiger partial charge on any atom is 0.221 e. The van der Waals surface area contributed by atoms with Crippen molar-refractivity contribution in [2.75, 3.05) is 6.54 Å². The van der Waals surface area contributed by atoms with Crippen LogP contribution in [-0.2, 0) is 11.2 Å². The van der Waals surface area contributed by atoms with Gasteiger partial charge in [0.15, 0.2) is 0 Å². The van der Waals surface area contributed by atoms with Crippen LogP contribution in [0.5, 0.6) is 0 Å². The van der Waals surface area contributed by atoms with Crippen molar-refractivity contribution < 1.29 is 4.79 Å². The zero-order valence-corrected chi connectivity index (χ0v) is 9.85. The van der Waals surface area contributed by atoms with Crippen molar-refractivity contribution in [2.24, 2.45) is 5.73 Å². The Morgan fingerprint density at radius 3 is 3.25 bits per heavy atom. The first-order chi connectivity index (χ1) is 7.31. The minimum Gasteiger partial charge on any atom is -0.348 e. The number of aromatic amines is 1. The number of aryl methyl sites for hydroxylation is 1. The topological polar surface area (TPSA) is 83.8 Å². The van der Waals surface area contributed by atoms with Gasteiger partial charge >= 0.3 is 0 Å². The van der Waals surface area contributed by atoms with Gasteiger partial charge in [-0.25, -0.2) is 0 Å². The van der Waals surface area contributed by atoms with E-state index in [4.69, 9.17) is 5.73 Å². The number of fused-ring (bicyclic) bond motifs is 1. The molecule has 1 atom stereocenters. The maximum atomic E-state index is 11.4. The number of amides is 1. The highest BCUT2D eigenvalue weighted by atomic mass is 35.5. The number of nitrogens with zero attached hydrogens (tertiary/aromatic N) is 1. The number of hydrogen-bond donors (Lipinski definition) is 3. The van der Waals surface area contributed by atoms with Crippen LogP contribution in [0.3, 0.4) is 0 Å². The molecule has 0 fully saturated rings. The Bertz CT molecular complexity index is 352. The van der Waals surface area contributed by atoms with Crippen LogP contribution < -0.4 is 11.1 Å². The fourth-order valence-electron chi connectivity index (χ4n) is 2.00. The molecule has 1 unspecified atom stereocenters. The molecule has 0 aliphatic heterocycles. The van der Waals surface area contributed by atoms with Crippen LogP contribution in [-0.4, -0.2) is 22.6 Å². The number of H-pyrrole nitrogens is 1. The lowest BCUT2D eigenvalue weighted by atomic mass is 9.93. The second-order valence-electron chi connectivity index (χ2n) is 3.86. The molecule has 1 heterocycles. The van der Waals surface area contributed by atoms with Crippen LogP contribution in [0.25, 0.3) is 0 Å². The zero-order chi connectivity index (χ0) is 10.7. The molecule has 1 aliphatic rings. The van der Waals surface area contributed by atoms with Gasteiger partial charge in [-0.2, -0.15) is 5.10 Å². The van der Waals surface area contributed by atoms with Crippen molar-refractivity contribution in [3.05, 3.63) is 17.5 Å². The van der Waals surface area contributed by atoms with E-state index in [0.29, 0.717) is 13.0 Å². The highest BCUT2D eigenvalue weighted by Crippen LogP contribution is 2.27. The van der Waals surface area contributed by atoms with Crippen molar-refractivity contribution in [1.82, 2.24) is 15.5 Å². The van der Waals surface area contributed by atoms with Gasteiger partial charge in [-0.1, -0.05) is 0 Å². The summed E-state index contributed by atoms with van der Waals surface area (Å²) in [6.45, 7) is 0.397. The Hall–Kier alpha value is -1.07. The third-order valence-corrected chi connectivity index (χ3v) is 2.75. The lowest BCUT2D eigenvalue weighted by Gasteiger charge is -2.22. The molecule has 6 heteroatoms. The van der Waals surface area contributed by atoms with Gasteiger partial charge in [0.1, 0.15) is 0 Å². The Labute approximate surface area is 101 Å². The van der Waals surface area contributed by atoms with Crippen molar-refractivity contribution in [2.45, 2.75) is 31.7 Å². The quantitative estimate of drug-likeness (QED) is 0.731. The van der Waals surface area contributed by atoms with E-state index in [1.165, 1.54) is 5.56 Å². The molecule has 5 nitrogen and oxygen atoms in total. The van der Waals surface area contributed by atoms with Gasteiger partial charge < -0.3 is 11.1 Å². The van der Waals surface area contributed by atoms with Gasteiger partial charge in [0.05, 0.1) is 17.9 Å². The first-order valence-electron chi connectivity index (χ1n) is 5.33. The number of aromatic nitrogens is 2. The average molecular weight is 245 g/mol. The minimum atomic E-state index is 0. The molecule has 0 aromatic carbocycles. The Morgan fingerprint density at radius 2 is 2.50 bits per heavy atom. The van der Waals surface area contributed by atoms with Gasteiger partial charge in [-0.3, -0.25) is 9.89 Å². The van der Waals surface area contributed by atoms with Crippen molar-refractivity contribution >= 4 is 18.3 Å². The van der Waals surface area contributed by atoms with E-state index >= 15 is 0 Å². The summed E-state index contributed by atoms with van der Waals surface area (Å²) in [5, 5.41) is 9.94. The smallest absolute Gasteiger partial charge is 0.221 e. The second kappa shape index (κ2) is 5.86. The molecular weight excluding hydrogens is 228 g/mol. The third kappa shape index (κ3) is 2.74. The van der Waals surface area contributed by atoms with Gasteiger partial charge in [0.2, 0.25) is 5.91 Å². The van der Waals surface area contributed by atoms with Crippen LogP contribution in [0.15, 0.2) is 6.20 Å². The summed E-state index contributed by atoms with van der Waals surface area (Å²) in [6.07, 6.45) is 5.36. The predicted octanol–water partition coefficient (Wildman–Crippen LogP) is 0.674. The fourth-order valence-corrected chi connectivity index (χ4v) is 2.00. The molecule has 0 bridgehead atoms. The summed E-state index contributed by atoms with van der Waals surface area (Å²) in [7, 11) is 0. The number of nitrogens with one attached hydrogen (secondary N) is 2. The number of carbonyl (C=O) groups is 1. The van der Waals surface area contributed by atoms with Crippen LogP contribution in [0.4, 0.5) is 0 Å². The highest BCUT2D eigenvalue weighted by molar-refractivity contribution is 5.85. The Balaban J connectivity index is 0.00000128. The summed E-state index contributed by atoms with van der Waals surface area (Å²) >= 11 is 0. The van der Waals surface area contributed by atoms with Gasteiger partial charge in [-0.15, -0.1) is 12.4 Å². The molecule has 1 aliphatic carbocycles. The minimum absolute atomic E-state index is 0. The van der Waals surface area contributed by atoms with E-state index in [-0.39, 0.29) is 24.4 Å². The van der Waals surface area contributed by atoms with Crippen LogP contribution in [0, 0.1) is 0 Å². The molecule has 1 aromatic rings. The number of hydrogen-bond acceptors (Lipinski definition) is 3. The molecule has 90 valence electrons. The summed E-state index contributed by atoms with van der Waals surface area (Å²) in [6, 6.07) is 0.0929. The summed E-state index contributed by atoms with van der Waals surface area (Å²) in [5.74, 6) is 0.0185. The van der Waals surface area contributed by atoms with E-state index < -0.39 is 0 Å². The number of rotatable bonds is 3. The van der Waals surface area contributed by atoms with E-state index in [9.17, 15) is 4.79 Å². The molecule has 16 heavy (non-hydrogen) atoms. The first kappa shape index (κ1) is 13.0. The molecule has 0 spiro atoms. The zero-order valence-electron chi connectivity index (χ0n) is 9.03. The van der Waals surface area contributed by atoms with Crippen molar-refractivity contribution in [3.63, 3.8) is 0 Å². The van der Waals surface area contributed by atoms with E-state index in [2.05, 4.69) is 15.5 Å². The normalized spacial score (nSPS) is 18.4. The van der Waals surface area contributed by atoms with E-state index in [0.717, 1.165) is 25.0 Å². The van der Waals surface area contributed by atoms with Gasteiger partial charge in [-0.05, 0) is 24.8 Å². The summed E-state index contributed by atoms with van der Waals surface area (Å²) in [5.41, 5.74) is 7.61. The second-order valence-corrected chi connectivity index (χ2v) is 3.86. The molecule has 0 radical (unpaired) electrons. The van der Waals surface area contributed by atoms with Crippen LogP contribution >= 0.6 is 12.4 Å². The molecule has 4 N–H and O–H groups in total. The maximum absolute atomic E-state index is 11.4. The lowest BCUT2D eigenvalue weighted by molar-refractivity contribution is -0.121. The van der Waals surface area contributed by atoms with Crippen LogP contribution in [0.1, 0.15) is 36.6 Å². The molecule has 0 saturated heterocycles. The predicted molar refractivity (Wildman–Crippen MR) is 63.3 cm³/mol. The van der Waals surface area contributed by atoms with Gasteiger partial charge in [0.25, 0.3) is 0 Å². The lowest BCUT2D eigenvalue weighted by Crippen LogP contribution is -2.32. The van der Waals surface area contributed by atoms with Crippen molar-refractivity contribution in [3.8, 4) is 0 Å². The third-order valence-electron chi connectivity index (χ3n) is 2.75. The molecule has 0 saturated carbocycles. The Morgan fingerprint density at radius 1 is 1.69 bits per heavy atom. The van der Waals surface area contributed by atoms with E-state index in [1.807, 2.05) is 6.20 Å². The number of carbonyl (C=O) groups excluding carboxylic acids is 1. The largest absolute Gasteiger partial charge is 0.348 e.